The van der Waals surface area contributed by atoms with Crippen molar-refractivity contribution in [2.75, 3.05) is 0 Å². The van der Waals surface area contributed by atoms with Crippen molar-refractivity contribution < 1.29 is 17.9 Å². The van der Waals surface area contributed by atoms with E-state index in [4.69, 9.17) is 5.73 Å². The number of aromatic nitrogens is 1. The second kappa shape index (κ2) is 5.27. The van der Waals surface area contributed by atoms with E-state index in [9.17, 15) is 13.2 Å². The fourth-order valence-corrected chi connectivity index (χ4v) is 1.76. The average molecular weight is 268 g/mol. The predicted molar refractivity (Wildman–Crippen MR) is 64.2 cm³/mol. The Labute approximate surface area is 107 Å². The van der Waals surface area contributed by atoms with E-state index in [1.54, 1.807) is 18.2 Å². The Hall–Kier alpha value is -2.08. The summed E-state index contributed by atoms with van der Waals surface area (Å²) in [6.45, 7) is 0.184. The number of nitrogens with zero attached hydrogens (tertiary/aromatic N) is 1. The van der Waals surface area contributed by atoms with Crippen LogP contribution in [-0.4, -0.2) is 11.3 Å². The Morgan fingerprint density at radius 1 is 1.11 bits per heavy atom. The zero-order chi connectivity index (χ0) is 13.9. The molecule has 0 aliphatic heterocycles. The first-order valence-corrected chi connectivity index (χ1v) is 5.49. The van der Waals surface area contributed by atoms with Crippen LogP contribution in [0.1, 0.15) is 5.56 Å². The van der Waals surface area contributed by atoms with Crippen molar-refractivity contribution >= 4 is 0 Å². The molecule has 0 fully saturated rings. The van der Waals surface area contributed by atoms with Crippen molar-refractivity contribution in [3.8, 4) is 16.9 Å². The summed E-state index contributed by atoms with van der Waals surface area (Å²) in [7, 11) is 0. The third-order valence-corrected chi connectivity index (χ3v) is 2.53. The SMILES string of the molecule is NCc1cnccc1-c1ccccc1OC(F)(F)F. The lowest BCUT2D eigenvalue weighted by Crippen LogP contribution is -2.17. The highest BCUT2D eigenvalue weighted by Gasteiger charge is 2.32. The minimum Gasteiger partial charge on any atom is -0.405 e. The molecule has 0 radical (unpaired) electrons. The summed E-state index contributed by atoms with van der Waals surface area (Å²) >= 11 is 0. The molecular weight excluding hydrogens is 257 g/mol. The lowest BCUT2D eigenvalue weighted by molar-refractivity contribution is -0.274. The van der Waals surface area contributed by atoms with E-state index in [1.165, 1.54) is 24.5 Å². The van der Waals surface area contributed by atoms with E-state index in [0.717, 1.165) is 0 Å². The van der Waals surface area contributed by atoms with Gasteiger partial charge in [0.2, 0.25) is 0 Å². The summed E-state index contributed by atoms with van der Waals surface area (Å²) in [5.74, 6) is -0.254. The molecule has 1 heterocycles. The molecule has 3 nitrogen and oxygen atoms in total. The first kappa shape index (κ1) is 13.4. The molecule has 0 amide bonds. The number of ether oxygens (including phenoxy) is 1. The molecule has 0 aliphatic carbocycles. The third-order valence-electron chi connectivity index (χ3n) is 2.53. The van der Waals surface area contributed by atoms with Gasteiger partial charge in [-0.05, 0) is 23.3 Å². The molecule has 1 aromatic carbocycles. The Balaban J connectivity index is 2.50. The van der Waals surface area contributed by atoms with Gasteiger partial charge in [0.15, 0.2) is 0 Å². The average Bonchev–Trinajstić information content (AvgIpc) is 2.37. The predicted octanol–water partition coefficient (Wildman–Crippen LogP) is 3.11. The minimum absolute atomic E-state index is 0.184. The Morgan fingerprint density at radius 2 is 1.84 bits per heavy atom. The van der Waals surface area contributed by atoms with Gasteiger partial charge in [-0.15, -0.1) is 13.2 Å². The summed E-state index contributed by atoms with van der Waals surface area (Å²) in [4.78, 5) is 3.90. The molecule has 1 aromatic heterocycles. The fraction of sp³-hybridized carbons (Fsp3) is 0.154. The van der Waals surface area contributed by atoms with Crippen molar-refractivity contribution in [2.24, 2.45) is 5.73 Å². The van der Waals surface area contributed by atoms with Crippen LogP contribution in [0, 0.1) is 0 Å². The number of halogens is 3. The standard InChI is InChI=1S/C13H11F3N2O/c14-13(15,16)19-12-4-2-1-3-11(12)10-5-6-18-8-9(10)7-17/h1-6,8H,7,17H2. The lowest BCUT2D eigenvalue weighted by Gasteiger charge is -2.14. The van der Waals surface area contributed by atoms with E-state index < -0.39 is 6.36 Å². The molecule has 2 N–H and O–H groups in total. The van der Waals surface area contributed by atoms with Crippen molar-refractivity contribution in [2.45, 2.75) is 12.9 Å². The van der Waals surface area contributed by atoms with Gasteiger partial charge in [0.1, 0.15) is 5.75 Å². The molecule has 6 heteroatoms. The Bertz CT molecular complexity index is 570. The van der Waals surface area contributed by atoms with Crippen molar-refractivity contribution in [1.29, 1.82) is 0 Å². The van der Waals surface area contributed by atoms with Gasteiger partial charge in [-0.3, -0.25) is 4.98 Å². The van der Waals surface area contributed by atoms with Crippen molar-refractivity contribution in [1.82, 2.24) is 4.98 Å². The second-order valence-electron chi connectivity index (χ2n) is 3.78. The summed E-state index contributed by atoms with van der Waals surface area (Å²) in [5.41, 5.74) is 7.13. The summed E-state index contributed by atoms with van der Waals surface area (Å²) < 4.78 is 41.1. The molecule has 0 spiro atoms. The van der Waals surface area contributed by atoms with E-state index in [-0.39, 0.29) is 12.3 Å². The van der Waals surface area contributed by atoms with Crippen LogP contribution in [0.3, 0.4) is 0 Å². The van der Waals surface area contributed by atoms with E-state index in [2.05, 4.69) is 9.72 Å². The van der Waals surface area contributed by atoms with Gasteiger partial charge in [-0.2, -0.15) is 0 Å². The molecule has 0 saturated carbocycles. The number of nitrogens with two attached hydrogens (primary N) is 1. The van der Waals surface area contributed by atoms with Gasteiger partial charge >= 0.3 is 6.36 Å². The highest BCUT2D eigenvalue weighted by atomic mass is 19.4. The third kappa shape index (κ3) is 3.23. The van der Waals surface area contributed by atoms with Crippen molar-refractivity contribution in [3.63, 3.8) is 0 Å². The number of para-hydroxylation sites is 1. The molecular formula is C13H11F3N2O. The van der Waals surface area contributed by atoms with Crippen LogP contribution in [0.4, 0.5) is 13.2 Å². The molecule has 0 unspecified atom stereocenters. The number of benzene rings is 1. The van der Waals surface area contributed by atoms with E-state index >= 15 is 0 Å². The largest absolute Gasteiger partial charge is 0.573 e. The summed E-state index contributed by atoms with van der Waals surface area (Å²) in [6, 6.07) is 7.55. The molecule has 0 bridgehead atoms. The Morgan fingerprint density at radius 3 is 2.53 bits per heavy atom. The molecule has 2 rings (SSSR count). The smallest absolute Gasteiger partial charge is 0.405 e. The van der Waals surface area contributed by atoms with E-state index in [0.29, 0.717) is 16.7 Å². The highest BCUT2D eigenvalue weighted by Crippen LogP contribution is 2.34. The maximum Gasteiger partial charge on any atom is 0.573 e. The number of hydrogen-bond acceptors (Lipinski definition) is 3. The number of rotatable bonds is 3. The zero-order valence-corrected chi connectivity index (χ0v) is 9.82. The minimum atomic E-state index is -4.73. The topological polar surface area (TPSA) is 48.1 Å². The quantitative estimate of drug-likeness (QED) is 0.930. The highest BCUT2D eigenvalue weighted by molar-refractivity contribution is 5.72. The number of alkyl halides is 3. The van der Waals surface area contributed by atoms with Gasteiger partial charge in [-0.25, -0.2) is 0 Å². The first-order valence-electron chi connectivity index (χ1n) is 5.49. The van der Waals surface area contributed by atoms with Crippen molar-refractivity contribution in [3.05, 3.63) is 48.3 Å². The van der Waals surface area contributed by atoms with Crippen LogP contribution in [0.25, 0.3) is 11.1 Å². The van der Waals surface area contributed by atoms with E-state index in [1.807, 2.05) is 0 Å². The van der Waals surface area contributed by atoms with Crippen LogP contribution < -0.4 is 10.5 Å². The molecule has 100 valence electrons. The second-order valence-corrected chi connectivity index (χ2v) is 3.78. The molecule has 0 atom stereocenters. The van der Waals surface area contributed by atoms with Crippen LogP contribution >= 0.6 is 0 Å². The van der Waals surface area contributed by atoms with Gasteiger partial charge in [0.05, 0.1) is 0 Å². The van der Waals surface area contributed by atoms with Crippen LogP contribution in [-0.2, 0) is 6.54 Å². The first-order chi connectivity index (χ1) is 9.01. The zero-order valence-electron chi connectivity index (χ0n) is 9.82. The maximum absolute atomic E-state index is 12.4. The lowest BCUT2D eigenvalue weighted by atomic mass is 10.0. The molecule has 19 heavy (non-hydrogen) atoms. The van der Waals surface area contributed by atoms with Gasteiger partial charge in [0, 0.05) is 24.5 Å². The summed E-state index contributed by atoms with van der Waals surface area (Å²) in [5, 5.41) is 0. The van der Waals surface area contributed by atoms with Gasteiger partial charge in [0.25, 0.3) is 0 Å². The fourth-order valence-electron chi connectivity index (χ4n) is 1.76. The number of hydrogen-bond donors (Lipinski definition) is 1. The van der Waals surface area contributed by atoms with Gasteiger partial charge in [-0.1, -0.05) is 18.2 Å². The number of pyridine rings is 1. The van der Waals surface area contributed by atoms with Crippen LogP contribution in [0.5, 0.6) is 5.75 Å². The van der Waals surface area contributed by atoms with Crippen LogP contribution in [0.2, 0.25) is 0 Å². The monoisotopic (exact) mass is 268 g/mol. The molecule has 0 aliphatic rings. The maximum atomic E-state index is 12.4. The molecule has 0 saturated heterocycles. The normalized spacial score (nSPS) is 11.4. The molecule has 2 aromatic rings. The van der Waals surface area contributed by atoms with Gasteiger partial charge < -0.3 is 10.5 Å². The van der Waals surface area contributed by atoms with Crippen LogP contribution in [0.15, 0.2) is 42.7 Å². The summed E-state index contributed by atoms with van der Waals surface area (Å²) in [6.07, 6.45) is -1.70. The Kier molecular flexibility index (Phi) is 3.71.